The molecule has 0 saturated heterocycles. The number of benzene rings is 1. The van der Waals surface area contributed by atoms with Gasteiger partial charge in [0.15, 0.2) is 0 Å². The van der Waals surface area contributed by atoms with Crippen molar-refractivity contribution < 1.29 is 4.74 Å². The van der Waals surface area contributed by atoms with Crippen molar-refractivity contribution >= 4 is 21.7 Å². The van der Waals surface area contributed by atoms with Gasteiger partial charge in [-0.1, -0.05) is 6.92 Å². The van der Waals surface area contributed by atoms with Gasteiger partial charge >= 0.3 is 0 Å². The third kappa shape index (κ3) is 2.93. The van der Waals surface area contributed by atoms with Crippen LogP contribution in [0.5, 0.6) is 5.75 Å². The Hall–Kier alpha value is -1.49. The summed E-state index contributed by atoms with van der Waals surface area (Å²) in [4.78, 5) is 4.74. The van der Waals surface area contributed by atoms with Gasteiger partial charge in [0.1, 0.15) is 23.1 Å². The predicted octanol–water partition coefficient (Wildman–Crippen LogP) is 4.22. The number of nitrogens with two attached hydrogens (primary N) is 1. The van der Waals surface area contributed by atoms with E-state index in [0.29, 0.717) is 5.82 Å². The minimum Gasteiger partial charge on any atom is -0.496 e. The van der Waals surface area contributed by atoms with Crippen LogP contribution in [0.3, 0.4) is 0 Å². The number of aryl methyl sites for hydroxylation is 1. The van der Waals surface area contributed by atoms with Gasteiger partial charge in [-0.25, -0.2) is 4.98 Å². The highest BCUT2D eigenvalue weighted by atomic mass is 79.9. The molecule has 0 saturated carbocycles. The van der Waals surface area contributed by atoms with Crippen molar-refractivity contribution in [3.8, 4) is 17.0 Å². The number of imidazole rings is 1. The number of ether oxygens (including phenoxy) is 1. The van der Waals surface area contributed by atoms with Crippen LogP contribution in [-0.2, 0) is 12.0 Å². The van der Waals surface area contributed by atoms with E-state index in [1.807, 2.05) is 18.2 Å². The van der Waals surface area contributed by atoms with Crippen LogP contribution < -0.4 is 10.5 Å². The molecule has 0 atom stereocenters. The molecule has 5 heteroatoms. The Morgan fingerprint density at radius 1 is 1.33 bits per heavy atom. The maximum Gasteiger partial charge on any atom is 0.133 e. The summed E-state index contributed by atoms with van der Waals surface area (Å²) in [5.41, 5.74) is 8.09. The van der Waals surface area contributed by atoms with Crippen LogP contribution in [-0.4, -0.2) is 16.7 Å². The van der Waals surface area contributed by atoms with E-state index in [1.165, 1.54) is 0 Å². The number of rotatable bonds is 3. The topological polar surface area (TPSA) is 53.1 Å². The zero-order valence-electron chi connectivity index (χ0n) is 13.2. The lowest BCUT2D eigenvalue weighted by Gasteiger charge is -2.24. The summed E-state index contributed by atoms with van der Waals surface area (Å²) in [6.45, 7) is 8.51. The van der Waals surface area contributed by atoms with Crippen molar-refractivity contribution in [3.05, 3.63) is 28.5 Å². The Kier molecular flexibility index (Phi) is 4.33. The number of hydrogen-bond acceptors (Lipinski definition) is 3. The summed E-state index contributed by atoms with van der Waals surface area (Å²) in [6, 6.07) is 5.89. The van der Waals surface area contributed by atoms with Crippen LogP contribution in [0.1, 0.15) is 33.5 Å². The van der Waals surface area contributed by atoms with Gasteiger partial charge in [0, 0.05) is 17.5 Å². The molecule has 2 aromatic rings. The molecule has 0 aliphatic heterocycles. The molecular weight excluding hydrogens is 330 g/mol. The Morgan fingerprint density at radius 2 is 2.00 bits per heavy atom. The third-order valence-electron chi connectivity index (χ3n) is 3.39. The zero-order chi connectivity index (χ0) is 15.8. The number of nitrogens with zero attached hydrogens (tertiary/aromatic N) is 2. The Labute approximate surface area is 134 Å². The highest BCUT2D eigenvalue weighted by molar-refractivity contribution is 9.10. The van der Waals surface area contributed by atoms with Crippen molar-refractivity contribution in [2.75, 3.05) is 12.8 Å². The van der Waals surface area contributed by atoms with Crippen LogP contribution in [0, 0.1) is 0 Å². The molecule has 21 heavy (non-hydrogen) atoms. The van der Waals surface area contributed by atoms with Crippen molar-refractivity contribution in [2.24, 2.45) is 0 Å². The van der Waals surface area contributed by atoms with Gasteiger partial charge in [-0.3, -0.25) is 0 Å². The number of anilines is 1. The highest BCUT2D eigenvalue weighted by Gasteiger charge is 2.24. The van der Waals surface area contributed by atoms with E-state index in [1.54, 1.807) is 7.11 Å². The van der Waals surface area contributed by atoms with E-state index >= 15 is 0 Å². The highest BCUT2D eigenvalue weighted by Crippen LogP contribution is 2.35. The molecule has 0 radical (unpaired) electrons. The Morgan fingerprint density at radius 3 is 2.43 bits per heavy atom. The quantitative estimate of drug-likeness (QED) is 0.900. The van der Waals surface area contributed by atoms with Gasteiger partial charge < -0.3 is 15.0 Å². The van der Waals surface area contributed by atoms with E-state index in [0.717, 1.165) is 33.7 Å². The average Bonchev–Trinajstić information content (AvgIpc) is 2.75. The maximum atomic E-state index is 6.37. The number of halogens is 1. The van der Waals surface area contributed by atoms with Gasteiger partial charge in [0.05, 0.1) is 11.6 Å². The van der Waals surface area contributed by atoms with E-state index < -0.39 is 0 Å². The molecule has 1 aromatic heterocycles. The van der Waals surface area contributed by atoms with Crippen LogP contribution in [0.2, 0.25) is 0 Å². The molecule has 114 valence electrons. The lowest BCUT2D eigenvalue weighted by molar-refractivity contribution is 0.389. The molecule has 2 rings (SSSR count). The first-order valence-corrected chi connectivity index (χ1v) is 7.80. The summed E-state index contributed by atoms with van der Waals surface area (Å²) in [7, 11) is 1.65. The fourth-order valence-electron chi connectivity index (χ4n) is 2.49. The summed E-state index contributed by atoms with van der Waals surface area (Å²) in [5.74, 6) is 2.50. The minimum atomic E-state index is -0.0929. The number of methoxy groups -OCH3 is 1. The molecule has 2 N–H and O–H groups in total. The van der Waals surface area contributed by atoms with Gasteiger partial charge in [-0.15, -0.1) is 0 Å². The summed E-state index contributed by atoms with van der Waals surface area (Å²) in [5, 5.41) is 0. The molecule has 0 aliphatic rings. The molecule has 0 unspecified atom stereocenters. The fourth-order valence-corrected chi connectivity index (χ4v) is 3.03. The molecule has 4 nitrogen and oxygen atoms in total. The third-order valence-corrected chi connectivity index (χ3v) is 4.01. The first-order chi connectivity index (χ1) is 9.79. The largest absolute Gasteiger partial charge is 0.496 e. The molecule has 0 aliphatic carbocycles. The van der Waals surface area contributed by atoms with E-state index in [-0.39, 0.29) is 5.54 Å². The summed E-state index contributed by atoms with van der Waals surface area (Å²) in [6.07, 6.45) is 0.846. The number of nitrogen functional groups attached to an aromatic ring is 1. The Balaban J connectivity index is 2.60. The molecule has 0 fully saturated rings. The lowest BCUT2D eigenvalue weighted by atomic mass is 10.1. The van der Waals surface area contributed by atoms with Gasteiger partial charge in [-0.05, 0) is 54.9 Å². The van der Waals surface area contributed by atoms with E-state index in [9.17, 15) is 0 Å². The first-order valence-electron chi connectivity index (χ1n) is 7.01. The zero-order valence-corrected chi connectivity index (χ0v) is 14.8. The smallest absolute Gasteiger partial charge is 0.133 e. The standard InChI is InChI=1S/C16H22BrN3O/c1-6-13-19-14(15(18)20(13)16(2,3)4)10-7-8-12(21-5)11(17)9-10/h7-9H,6,18H2,1-5H3. The van der Waals surface area contributed by atoms with Crippen LogP contribution in [0.4, 0.5) is 5.82 Å². The normalized spacial score (nSPS) is 11.7. The van der Waals surface area contributed by atoms with Crippen molar-refractivity contribution in [3.63, 3.8) is 0 Å². The lowest BCUT2D eigenvalue weighted by Crippen LogP contribution is -2.25. The molecule has 1 aromatic carbocycles. The summed E-state index contributed by atoms with van der Waals surface area (Å²) >= 11 is 3.51. The minimum absolute atomic E-state index is 0.0929. The summed E-state index contributed by atoms with van der Waals surface area (Å²) < 4.78 is 8.27. The predicted molar refractivity (Wildman–Crippen MR) is 90.7 cm³/mol. The second kappa shape index (κ2) is 5.72. The van der Waals surface area contributed by atoms with Crippen molar-refractivity contribution in [1.82, 2.24) is 9.55 Å². The molecule has 1 heterocycles. The first kappa shape index (κ1) is 15.9. The number of aromatic nitrogens is 2. The average molecular weight is 352 g/mol. The van der Waals surface area contributed by atoms with Crippen molar-refractivity contribution in [2.45, 2.75) is 39.7 Å². The second-order valence-corrected chi connectivity index (χ2v) is 6.83. The van der Waals surface area contributed by atoms with Crippen LogP contribution in [0.15, 0.2) is 22.7 Å². The maximum absolute atomic E-state index is 6.37. The molecule has 0 bridgehead atoms. The fraction of sp³-hybridized carbons (Fsp3) is 0.438. The monoisotopic (exact) mass is 351 g/mol. The van der Waals surface area contributed by atoms with Gasteiger partial charge in [-0.2, -0.15) is 0 Å². The SMILES string of the molecule is CCc1nc(-c2ccc(OC)c(Br)c2)c(N)n1C(C)(C)C. The van der Waals surface area contributed by atoms with Gasteiger partial charge in [0.2, 0.25) is 0 Å². The van der Waals surface area contributed by atoms with Gasteiger partial charge in [0.25, 0.3) is 0 Å². The Bertz CT molecular complexity index is 656. The van der Waals surface area contributed by atoms with E-state index in [2.05, 4.69) is 48.2 Å². The van der Waals surface area contributed by atoms with E-state index in [4.69, 9.17) is 15.5 Å². The van der Waals surface area contributed by atoms with Crippen LogP contribution >= 0.6 is 15.9 Å². The molecular formula is C16H22BrN3O. The van der Waals surface area contributed by atoms with Crippen molar-refractivity contribution in [1.29, 1.82) is 0 Å². The van der Waals surface area contributed by atoms with Crippen LogP contribution in [0.25, 0.3) is 11.3 Å². The molecule has 0 spiro atoms. The number of hydrogen-bond donors (Lipinski definition) is 1. The second-order valence-electron chi connectivity index (χ2n) is 5.97. The molecule has 0 amide bonds.